The fraction of sp³-hybridized carbons (Fsp3) is 0.538. The molecule has 0 fully saturated rings. The molecule has 0 aliphatic carbocycles. The Morgan fingerprint density at radius 3 is 2.65 bits per heavy atom. The van der Waals surface area contributed by atoms with Crippen molar-refractivity contribution in [3.8, 4) is 0 Å². The van der Waals surface area contributed by atoms with Crippen LogP contribution in [0.5, 0.6) is 0 Å². The van der Waals surface area contributed by atoms with Gasteiger partial charge in [-0.15, -0.1) is 0 Å². The van der Waals surface area contributed by atoms with E-state index in [2.05, 4.69) is 0 Å². The van der Waals surface area contributed by atoms with E-state index >= 15 is 0 Å². The maximum absolute atomic E-state index is 13.6. The molecule has 0 aliphatic rings. The second kappa shape index (κ2) is 5.56. The Balaban J connectivity index is 2.99. The van der Waals surface area contributed by atoms with E-state index in [9.17, 15) is 13.9 Å². The second-order valence-electron chi connectivity index (χ2n) is 4.43. The fourth-order valence-electron chi connectivity index (χ4n) is 1.74. The third-order valence-corrected chi connectivity index (χ3v) is 3.21. The summed E-state index contributed by atoms with van der Waals surface area (Å²) in [6.07, 6.45) is 0.569. The van der Waals surface area contributed by atoms with Gasteiger partial charge in [-0.1, -0.05) is 19.1 Å². The van der Waals surface area contributed by atoms with Gasteiger partial charge in [0.2, 0.25) is 0 Å². The number of hydrogen-bond acceptors (Lipinski definition) is 2. The highest BCUT2D eigenvalue weighted by Gasteiger charge is 2.33. The molecule has 0 amide bonds. The van der Waals surface area contributed by atoms with Crippen molar-refractivity contribution in [2.24, 2.45) is 5.92 Å². The van der Waals surface area contributed by atoms with E-state index in [4.69, 9.17) is 4.74 Å². The van der Waals surface area contributed by atoms with Gasteiger partial charge in [-0.2, -0.15) is 0 Å². The highest BCUT2D eigenvalue weighted by Crippen LogP contribution is 2.33. The largest absolute Gasteiger partial charge is 0.385 e. The van der Waals surface area contributed by atoms with E-state index in [-0.39, 0.29) is 11.5 Å². The van der Waals surface area contributed by atoms with Crippen molar-refractivity contribution in [1.82, 2.24) is 0 Å². The van der Waals surface area contributed by atoms with Crippen molar-refractivity contribution in [3.05, 3.63) is 35.4 Å². The Morgan fingerprint density at radius 2 is 2.06 bits per heavy atom. The summed E-state index contributed by atoms with van der Waals surface area (Å²) in [7, 11) is 1.56. The van der Waals surface area contributed by atoms with E-state index < -0.39 is 17.2 Å². The van der Waals surface area contributed by atoms with E-state index in [1.165, 1.54) is 19.1 Å². The number of halogens is 2. The maximum Gasteiger partial charge on any atom is 0.164 e. The molecular weight excluding hydrogens is 226 g/mol. The van der Waals surface area contributed by atoms with Crippen LogP contribution in [0, 0.1) is 17.6 Å². The third kappa shape index (κ3) is 3.01. The van der Waals surface area contributed by atoms with Gasteiger partial charge in [0, 0.05) is 19.3 Å². The van der Waals surface area contributed by atoms with Gasteiger partial charge in [-0.25, -0.2) is 8.78 Å². The Morgan fingerprint density at radius 1 is 1.41 bits per heavy atom. The number of rotatable bonds is 5. The average Bonchev–Trinajstić information content (AvgIpc) is 2.29. The number of benzene rings is 1. The molecule has 0 aliphatic heterocycles. The third-order valence-electron chi connectivity index (χ3n) is 3.21. The van der Waals surface area contributed by atoms with Crippen LogP contribution in [0.3, 0.4) is 0 Å². The summed E-state index contributed by atoms with van der Waals surface area (Å²) in [5.41, 5.74) is -1.42. The normalized spacial score (nSPS) is 16.6. The number of ether oxygens (including phenoxy) is 1. The minimum absolute atomic E-state index is 0.0129. The van der Waals surface area contributed by atoms with Crippen molar-refractivity contribution < 1.29 is 18.6 Å². The van der Waals surface area contributed by atoms with E-state index in [1.54, 1.807) is 14.0 Å². The molecule has 4 heteroatoms. The van der Waals surface area contributed by atoms with Crippen molar-refractivity contribution in [1.29, 1.82) is 0 Å². The van der Waals surface area contributed by atoms with Crippen molar-refractivity contribution in [3.63, 3.8) is 0 Å². The molecule has 0 spiro atoms. The van der Waals surface area contributed by atoms with Crippen molar-refractivity contribution >= 4 is 0 Å². The molecule has 1 rings (SSSR count). The molecule has 0 saturated carbocycles. The number of methoxy groups -OCH3 is 1. The highest BCUT2D eigenvalue weighted by atomic mass is 19.2. The minimum Gasteiger partial charge on any atom is -0.385 e. The first-order chi connectivity index (χ1) is 7.91. The summed E-state index contributed by atoms with van der Waals surface area (Å²) in [4.78, 5) is 0. The SMILES string of the molecule is COCCC(C)C(C)(O)c1cccc(F)c1F. The van der Waals surface area contributed by atoms with E-state index in [0.717, 1.165) is 6.07 Å². The highest BCUT2D eigenvalue weighted by molar-refractivity contribution is 5.25. The molecular formula is C13H18F2O2. The van der Waals surface area contributed by atoms with Gasteiger partial charge in [0.15, 0.2) is 11.6 Å². The van der Waals surface area contributed by atoms with Crippen molar-refractivity contribution in [2.75, 3.05) is 13.7 Å². The minimum atomic E-state index is -1.41. The molecule has 96 valence electrons. The summed E-state index contributed by atoms with van der Waals surface area (Å²) < 4.78 is 31.6. The first-order valence-electron chi connectivity index (χ1n) is 5.57. The van der Waals surface area contributed by atoms with E-state index in [1.807, 2.05) is 0 Å². The smallest absolute Gasteiger partial charge is 0.164 e. The zero-order valence-electron chi connectivity index (χ0n) is 10.3. The first kappa shape index (κ1) is 14.1. The zero-order chi connectivity index (χ0) is 13.1. The predicted octanol–water partition coefficient (Wildman–Crippen LogP) is 2.84. The van der Waals surface area contributed by atoms with E-state index in [0.29, 0.717) is 13.0 Å². The van der Waals surface area contributed by atoms with Gasteiger partial charge in [0.25, 0.3) is 0 Å². The van der Waals surface area contributed by atoms with Gasteiger partial charge >= 0.3 is 0 Å². The molecule has 0 aromatic heterocycles. The predicted molar refractivity (Wildman–Crippen MR) is 61.6 cm³/mol. The maximum atomic E-state index is 13.6. The summed E-state index contributed by atoms with van der Waals surface area (Å²) in [5, 5.41) is 10.3. The van der Waals surface area contributed by atoms with Crippen LogP contribution < -0.4 is 0 Å². The Kier molecular flexibility index (Phi) is 4.60. The number of aliphatic hydroxyl groups is 1. The standard InChI is InChI=1S/C13H18F2O2/c1-9(7-8-17-3)13(2,16)10-5-4-6-11(14)12(10)15/h4-6,9,16H,7-8H2,1-3H3. The monoisotopic (exact) mass is 244 g/mol. The fourth-order valence-corrected chi connectivity index (χ4v) is 1.74. The van der Waals surface area contributed by atoms with Crippen LogP contribution in [0.15, 0.2) is 18.2 Å². The molecule has 0 bridgehead atoms. The lowest BCUT2D eigenvalue weighted by atomic mass is 9.82. The Labute approximate surface area is 100 Å². The second-order valence-corrected chi connectivity index (χ2v) is 4.43. The molecule has 0 heterocycles. The quantitative estimate of drug-likeness (QED) is 0.863. The molecule has 0 saturated heterocycles. The lowest BCUT2D eigenvalue weighted by molar-refractivity contribution is -0.0140. The molecule has 1 N–H and O–H groups in total. The Hall–Kier alpha value is -1.00. The van der Waals surface area contributed by atoms with Crippen LogP contribution in [-0.4, -0.2) is 18.8 Å². The van der Waals surface area contributed by atoms with Crippen LogP contribution in [0.2, 0.25) is 0 Å². The van der Waals surface area contributed by atoms with Crippen LogP contribution in [-0.2, 0) is 10.3 Å². The molecule has 2 atom stereocenters. The van der Waals surface area contributed by atoms with Crippen LogP contribution in [0.4, 0.5) is 8.78 Å². The van der Waals surface area contributed by atoms with Crippen LogP contribution in [0.1, 0.15) is 25.8 Å². The lowest BCUT2D eigenvalue weighted by Crippen LogP contribution is -2.32. The van der Waals surface area contributed by atoms with Gasteiger partial charge in [0.1, 0.15) is 0 Å². The molecule has 1 aromatic rings. The molecule has 1 aromatic carbocycles. The molecule has 17 heavy (non-hydrogen) atoms. The summed E-state index contributed by atoms with van der Waals surface area (Å²) in [5.74, 6) is -2.16. The van der Waals surface area contributed by atoms with Crippen molar-refractivity contribution in [2.45, 2.75) is 25.9 Å². The lowest BCUT2D eigenvalue weighted by Gasteiger charge is -2.31. The van der Waals surface area contributed by atoms with Gasteiger partial charge in [-0.3, -0.25) is 0 Å². The van der Waals surface area contributed by atoms with Crippen LogP contribution >= 0.6 is 0 Å². The zero-order valence-corrected chi connectivity index (χ0v) is 10.3. The number of hydrogen-bond donors (Lipinski definition) is 1. The van der Waals surface area contributed by atoms with Gasteiger partial charge in [0.05, 0.1) is 5.60 Å². The average molecular weight is 244 g/mol. The molecule has 2 unspecified atom stereocenters. The molecule has 0 radical (unpaired) electrons. The van der Waals surface area contributed by atoms with Crippen LogP contribution in [0.25, 0.3) is 0 Å². The summed E-state index contributed by atoms with van der Waals surface area (Å²) in [6, 6.07) is 3.84. The summed E-state index contributed by atoms with van der Waals surface area (Å²) in [6.45, 7) is 3.74. The van der Waals surface area contributed by atoms with Gasteiger partial charge in [-0.05, 0) is 25.3 Å². The Bertz CT molecular complexity index is 378. The topological polar surface area (TPSA) is 29.5 Å². The first-order valence-corrected chi connectivity index (χ1v) is 5.57. The van der Waals surface area contributed by atoms with Gasteiger partial charge < -0.3 is 9.84 Å². The molecule has 2 nitrogen and oxygen atoms in total. The summed E-state index contributed by atoms with van der Waals surface area (Å²) >= 11 is 0.